The predicted octanol–water partition coefficient (Wildman–Crippen LogP) is 8.14. The highest BCUT2D eigenvalue weighted by atomic mass is 35.5. The summed E-state index contributed by atoms with van der Waals surface area (Å²) in [6, 6.07) is 12.5. The fourth-order valence-corrected chi connectivity index (χ4v) is 4.76. The summed E-state index contributed by atoms with van der Waals surface area (Å²) < 4.78 is 36.9. The number of aryl methyl sites for hydroxylation is 2. The van der Waals surface area contributed by atoms with Crippen LogP contribution in [0.2, 0.25) is 5.15 Å². The van der Waals surface area contributed by atoms with Crippen molar-refractivity contribution in [1.82, 2.24) is 24.9 Å². The number of nitrogens with zero attached hydrogens (tertiary/aromatic N) is 4. The van der Waals surface area contributed by atoms with Crippen LogP contribution in [0, 0.1) is 19.7 Å². The summed E-state index contributed by atoms with van der Waals surface area (Å²) in [5, 5.41) is 2.33. The smallest absolute Gasteiger partial charge is 0.230 e. The number of nitrogens with one attached hydrogen (secondary N) is 1. The Morgan fingerprint density at radius 3 is 2.26 bits per heavy atom. The normalized spacial score (nSPS) is 11.0. The molecule has 0 amide bonds. The molecule has 1 N–H and O–H groups in total. The van der Waals surface area contributed by atoms with E-state index in [0.29, 0.717) is 45.3 Å². The summed E-state index contributed by atoms with van der Waals surface area (Å²) in [6.07, 6.45) is 4.93. The molecule has 3 heterocycles. The largest absolute Gasteiger partial charge is 0.496 e. The number of methoxy groups -OCH3 is 2. The highest BCUT2D eigenvalue weighted by Crippen LogP contribution is 2.35. The average Bonchev–Trinajstić information content (AvgIpc) is 3.40. The van der Waals surface area contributed by atoms with Crippen LogP contribution >= 0.6 is 11.6 Å². The van der Waals surface area contributed by atoms with E-state index < -0.39 is 5.82 Å². The molecule has 11 heteroatoms. The van der Waals surface area contributed by atoms with Crippen LogP contribution in [0.25, 0.3) is 32.7 Å². The van der Waals surface area contributed by atoms with E-state index in [2.05, 4.69) is 31.8 Å². The average molecular weight is 604 g/mol. The zero-order chi connectivity index (χ0) is 30.5. The maximum atomic E-state index is 14.8. The summed E-state index contributed by atoms with van der Waals surface area (Å²) in [6.45, 7) is 6.60. The number of benzene rings is 3. The molecule has 0 unspecified atom stereocenters. The highest BCUT2D eigenvalue weighted by molar-refractivity contribution is 6.34. The number of fused-ring (bicyclic) bond motifs is 3. The van der Waals surface area contributed by atoms with Crippen LogP contribution < -0.4 is 18.9 Å². The summed E-state index contributed by atoms with van der Waals surface area (Å²) in [4.78, 5) is 19.6. The molecule has 222 valence electrons. The first-order valence-electron chi connectivity index (χ1n) is 13.7. The van der Waals surface area contributed by atoms with Gasteiger partial charge in [-0.2, -0.15) is 0 Å². The van der Waals surface area contributed by atoms with E-state index in [1.54, 1.807) is 44.6 Å². The lowest BCUT2D eigenvalue weighted by Gasteiger charge is -2.11. The third-order valence-electron chi connectivity index (χ3n) is 6.79. The van der Waals surface area contributed by atoms with Crippen LogP contribution in [-0.2, 0) is 0 Å². The van der Waals surface area contributed by atoms with Crippen molar-refractivity contribution < 1.29 is 23.3 Å². The monoisotopic (exact) mass is 603 g/mol. The molecule has 9 nitrogen and oxygen atoms in total. The van der Waals surface area contributed by atoms with Gasteiger partial charge in [-0.3, -0.25) is 0 Å². The molecular formula is C32H31ClFN5O4. The molecule has 0 fully saturated rings. The Bertz CT molecular complexity index is 1910. The van der Waals surface area contributed by atoms with Gasteiger partial charge in [0.1, 0.15) is 23.6 Å². The molecule has 0 atom stereocenters. The van der Waals surface area contributed by atoms with Gasteiger partial charge in [0.15, 0.2) is 23.1 Å². The highest BCUT2D eigenvalue weighted by Gasteiger charge is 2.15. The van der Waals surface area contributed by atoms with Gasteiger partial charge in [0, 0.05) is 28.0 Å². The molecular weight excluding hydrogens is 573 g/mol. The van der Waals surface area contributed by atoms with Crippen molar-refractivity contribution >= 4 is 44.3 Å². The van der Waals surface area contributed by atoms with Gasteiger partial charge in [0.2, 0.25) is 5.88 Å². The van der Waals surface area contributed by atoms with Crippen LogP contribution in [-0.4, -0.2) is 45.7 Å². The number of ether oxygens (including phenoxy) is 4. The van der Waals surface area contributed by atoms with Crippen molar-refractivity contribution in [2.45, 2.75) is 33.6 Å². The first kappa shape index (κ1) is 29.8. The van der Waals surface area contributed by atoms with Gasteiger partial charge in [-0.25, -0.2) is 24.3 Å². The Kier molecular flexibility index (Phi) is 9.06. The molecule has 0 radical (unpaired) electrons. The van der Waals surface area contributed by atoms with Crippen LogP contribution in [0.15, 0.2) is 55.1 Å². The zero-order valence-corrected chi connectivity index (χ0v) is 25.3. The molecule has 6 aromatic rings. The molecule has 0 saturated heterocycles. The van der Waals surface area contributed by atoms with Gasteiger partial charge in [-0.05, 0) is 62.2 Å². The third kappa shape index (κ3) is 6.39. The number of aromatic amines is 1. The minimum atomic E-state index is -0.423. The van der Waals surface area contributed by atoms with E-state index in [9.17, 15) is 4.39 Å². The number of hydrogen-bond acceptors (Lipinski definition) is 8. The lowest BCUT2D eigenvalue weighted by molar-refractivity contribution is 0.289. The zero-order valence-electron chi connectivity index (χ0n) is 24.5. The first-order chi connectivity index (χ1) is 20.8. The van der Waals surface area contributed by atoms with E-state index in [1.165, 1.54) is 12.7 Å². The number of aromatic nitrogens is 5. The summed E-state index contributed by atoms with van der Waals surface area (Å²) in [5.74, 6) is 2.01. The van der Waals surface area contributed by atoms with Crippen molar-refractivity contribution in [3.05, 3.63) is 77.3 Å². The lowest BCUT2D eigenvalue weighted by Crippen LogP contribution is -1.99. The fourth-order valence-electron chi connectivity index (χ4n) is 4.57. The summed E-state index contributed by atoms with van der Waals surface area (Å²) >= 11 is 6.02. The first-order valence-corrected chi connectivity index (χ1v) is 14.1. The lowest BCUT2D eigenvalue weighted by atomic mass is 10.1. The number of unbranched alkanes of at least 4 members (excludes halogenated alkanes) is 1. The standard InChI is InChI=1S/C19H16FN3O2.C13H15ClN2O2/c1-10-6-15-13(8-17(10)24-3)19(22-9-21-15)25-16-5-4-14-12(18(16)20)7-11(2)23-14;1-3-4-5-18-12-7-10-9(6-11(12)17-2)13(14)16-8-15-10/h4-9,23H,1-3H3;6-8H,3-5H2,1-2H3. The number of H-pyrrole nitrogens is 1. The summed E-state index contributed by atoms with van der Waals surface area (Å²) in [7, 11) is 3.20. The molecule has 0 aliphatic carbocycles. The Balaban J connectivity index is 0.000000181. The molecule has 3 aromatic carbocycles. The maximum absolute atomic E-state index is 14.8. The topological polar surface area (TPSA) is 104 Å². The SMILES string of the molecule is CCCCOc1cc2ncnc(Cl)c2cc1OC.COc1cc2c(Oc3ccc4[nH]c(C)cc4c3F)ncnc2cc1C. The molecule has 0 aliphatic rings. The van der Waals surface area contributed by atoms with Crippen LogP contribution in [0.1, 0.15) is 31.0 Å². The molecule has 6 rings (SSSR count). The second kappa shape index (κ2) is 13.1. The van der Waals surface area contributed by atoms with Gasteiger partial charge in [0.05, 0.1) is 37.2 Å². The third-order valence-corrected chi connectivity index (χ3v) is 7.09. The second-order valence-electron chi connectivity index (χ2n) is 9.80. The molecule has 0 saturated carbocycles. The molecule has 43 heavy (non-hydrogen) atoms. The Morgan fingerprint density at radius 2 is 1.51 bits per heavy atom. The van der Waals surface area contributed by atoms with E-state index in [4.69, 9.17) is 30.5 Å². The molecule has 0 bridgehead atoms. The van der Waals surface area contributed by atoms with Crippen molar-refractivity contribution in [3.63, 3.8) is 0 Å². The minimum absolute atomic E-state index is 0.117. The van der Waals surface area contributed by atoms with Crippen molar-refractivity contribution in [3.8, 4) is 28.9 Å². The molecule has 3 aromatic heterocycles. The van der Waals surface area contributed by atoms with Crippen LogP contribution in [0.5, 0.6) is 28.9 Å². The number of halogens is 2. The van der Waals surface area contributed by atoms with Crippen molar-refractivity contribution in [1.29, 1.82) is 0 Å². The Morgan fingerprint density at radius 1 is 0.791 bits per heavy atom. The summed E-state index contributed by atoms with van der Waals surface area (Å²) in [5.41, 5.74) is 4.03. The van der Waals surface area contributed by atoms with Crippen LogP contribution in [0.3, 0.4) is 0 Å². The van der Waals surface area contributed by atoms with E-state index >= 15 is 0 Å². The van der Waals surface area contributed by atoms with Crippen molar-refractivity contribution in [2.24, 2.45) is 0 Å². The minimum Gasteiger partial charge on any atom is -0.496 e. The second-order valence-corrected chi connectivity index (χ2v) is 10.2. The molecule has 0 spiro atoms. The Hall–Kier alpha value is -4.70. The van der Waals surface area contributed by atoms with Gasteiger partial charge < -0.3 is 23.9 Å². The predicted molar refractivity (Wildman–Crippen MR) is 165 cm³/mol. The van der Waals surface area contributed by atoms with E-state index in [1.807, 2.05) is 26.0 Å². The fraction of sp³-hybridized carbons (Fsp3) is 0.250. The maximum Gasteiger partial charge on any atom is 0.230 e. The van der Waals surface area contributed by atoms with Gasteiger partial charge >= 0.3 is 0 Å². The number of rotatable bonds is 8. The van der Waals surface area contributed by atoms with Crippen molar-refractivity contribution in [2.75, 3.05) is 20.8 Å². The van der Waals surface area contributed by atoms with Gasteiger partial charge in [-0.15, -0.1) is 0 Å². The van der Waals surface area contributed by atoms with Crippen LogP contribution in [0.4, 0.5) is 4.39 Å². The molecule has 0 aliphatic heterocycles. The van der Waals surface area contributed by atoms with Gasteiger partial charge in [-0.1, -0.05) is 24.9 Å². The number of hydrogen-bond donors (Lipinski definition) is 1. The quantitative estimate of drug-likeness (QED) is 0.137. The van der Waals surface area contributed by atoms with E-state index in [0.717, 1.165) is 40.5 Å². The van der Waals surface area contributed by atoms with Gasteiger partial charge in [0.25, 0.3) is 0 Å². The van der Waals surface area contributed by atoms with E-state index in [-0.39, 0.29) is 11.6 Å². The Labute approximate surface area is 253 Å².